The number of nitrogens with one attached hydrogen (secondary N) is 1. The first-order chi connectivity index (χ1) is 11.7. The lowest BCUT2D eigenvalue weighted by atomic mass is 9.95. The van der Waals surface area contributed by atoms with E-state index in [9.17, 15) is 9.59 Å². The predicted molar refractivity (Wildman–Crippen MR) is 92.3 cm³/mol. The standard InChI is InChI=1S/C19H27N3O2/c23-18-11-10-15(14-22(18)17-8-1-2-9-17)19(24)21-13-5-7-16-6-3-4-12-20-16/h3-4,6,12,15,17H,1-2,5,7-11,13-14H2,(H,21,24)/t15-/m1/s1. The molecule has 1 aromatic rings. The predicted octanol–water partition coefficient (Wildman–Crippen LogP) is 2.31. The van der Waals surface area contributed by atoms with Crippen LogP contribution in [0.5, 0.6) is 0 Å². The van der Waals surface area contributed by atoms with E-state index in [1.165, 1.54) is 12.8 Å². The average molecular weight is 329 g/mol. The number of pyridine rings is 1. The van der Waals surface area contributed by atoms with Crippen LogP contribution in [0.1, 0.15) is 50.6 Å². The molecular weight excluding hydrogens is 302 g/mol. The average Bonchev–Trinajstić information content (AvgIpc) is 3.14. The fraction of sp³-hybridized carbons (Fsp3) is 0.632. The number of aromatic nitrogens is 1. The summed E-state index contributed by atoms with van der Waals surface area (Å²) >= 11 is 0. The molecule has 0 unspecified atom stereocenters. The third-order valence-corrected chi connectivity index (χ3v) is 5.22. The summed E-state index contributed by atoms with van der Waals surface area (Å²) in [5.74, 6) is 0.297. The summed E-state index contributed by atoms with van der Waals surface area (Å²) in [6, 6.07) is 6.27. The second-order valence-electron chi connectivity index (χ2n) is 6.94. The molecule has 1 saturated heterocycles. The lowest BCUT2D eigenvalue weighted by Gasteiger charge is -2.36. The van der Waals surface area contributed by atoms with Crippen LogP contribution >= 0.6 is 0 Å². The number of amides is 2. The van der Waals surface area contributed by atoms with Crippen LogP contribution in [-0.2, 0) is 16.0 Å². The molecule has 5 heteroatoms. The highest BCUT2D eigenvalue weighted by atomic mass is 16.2. The summed E-state index contributed by atoms with van der Waals surface area (Å²) in [4.78, 5) is 30.8. The van der Waals surface area contributed by atoms with Crippen LogP contribution in [0.2, 0.25) is 0 Å². The van der Waals surface area contributed by atoms with Crippen LogP contribution in [0, 0.1) is 5.92 Å². The fourth-order valence-corrected chi connectivity index (χ4v) is 3.83. The molecular formula is C19H27N3O2. The second kappa shape index (κ2) is 8.27. The van der Waals surface area contributed by atoms with Gasteiger partial charge < -0.3 is 10.2 Å². The zero-order valence-corrected chi connectivity index (χ0v) is 14.2. The molecule has 0 bridgehead atoms. The molecule has 0 radical (unpaired) electrons. The molecule has 130 valence electrons. The maximum atomic E-state index is 12.4. The normalized spacial score (nSPS) is 21.9. The van der Waals surface area contributed by atoms with Crippen molar-refractivity contribution in [3.63, 3.8) is 0 Å². The van der Waals surface area contributed by atoms with Gasteiger partial charge in [0.15, 0.2) is 0 Å². The van der Waals surface area contributed by atoms with Crippen molar-refractivity contribution < 1.29 is 9.59 Å². The summed E-state index contributed by atoms with van der Waals surface area (Å²) in [5, 5.41) is 3.04. The van der Waals surface area contributed by atoms with E-state index in [2.05, 4.69) is 10.3 Å². The molecule has 3 rings (SSSR count). The number of carbonyl (C=O) groups excluding carboxylic acids is 2. The van der Waals surface area contributed by atoms with Crippen molar-refractivity contribution >= 4 is 11.8 Å². The highest BCUT2D eigenvalue weighted by Crippen LogP contribution is 2.28. The van der Waals surface area contributed by atoms with Crippen LogP contribution in [-0.4, -0.2) is 40.8 Å². The van der Waals surface area contributed by atoms with E-state index in [1.54, 1.807) is 6.20 Å². The van der Waals surface area contributed by atoms with Crippen LogP contribution in [0.25, 0.3) is 0 Å². The van der Waals surface area contributed by atoms with Crippen molar-refractivity contribution in [3.8, 4) is 0 Å². The molecule has 2 amide bonds. The molecule has 1 N–H and O–H groups in total. The van der Waals surface area contributed by atoms with E-state index in [0.717, 1.165) is 31.4 Å². The Morgan fingerprint density at radius 1 is 1.25 bits per heavy atom. The Balaban J connectivity index is 1.42. The van der Waals surface area contributed by atoms with Gasteiger partial charge in [-0.3, -0.25) is 14.6 Å². The van der Waals surface area contributed by atoms with Gasteiger partial charge in [-0.1, -0.05) is 18.9 Å². The quantitative estimate of drug-likeness (QED) is 0.815. The van der Waals surface area contributed by atoms with E-state index in [1.807, 2.05) is 23.1 Å². The monoisotopic (exact) mass is 329 g/mol. The van der Waals surface area contributed by atoms with Gasteiger partial charge in [0, 0.05) is 37.4 Å². The summed E-state index contributed by atoms with van der Waals surface area (Å²) in [5.41, 5.74) is 1.06. The van der Waals surface area contributed by atoms with Gasteiger partial charge in [-0.05, 0) is 44.2 Å². The van der Waals surface area contributed by atoms with Crippen molar-refractivity contribution in [2.45, 2.75) is 57.4 Å². The minimum atomic E-state index is -0.0434. The number of rotatable bonds is 6. The smallest absolute Gasteiger partial charge is 0.224 e. The van der Waals surface area contributed by atoms with Crippen LogP contribution < -0.4 is 5.32 Å². The Bertz CT molecular complexity index is 555. The number of hydrogen-bond acceptors (Lipinski definition) is 3. The summed E-state index contributed by atoms with van der Waals surface area (Å²) < 4.78 is 0. The highest BCUT2D eigenvalue weighted by Gasteiger charge is 2.34. The summed E-state index contributed by atoms with van der Waals surface area (Å²) in [6.07, 6.45) is 9.38. The third-order valence-electron chi connectivity index (χ3n) is 5.22. The largest absolute Gasteiger partial charge is 0.356 e. The maximum absolute atomic E-state index is 12.4. The Morgan fingerprint density at radius 2 is 2.08 bits per heavy atom. The molecule has 1 aliphatic carbocycles. The highest BCUT2D eigenvalue weighted by molar-refractivity contribution is 5.84. The van der Waals surface area contributed by atoms with Crippen LogP contribution in [0.15, 0.2) is 24.4 Å². The van der Waals surface area contributed by atoms with E-state index in [0.29, 0.717) is 32.0 Å². The zero-order chi connectivity index (χ0) is 16.8. The minimum Gasteiger partial charge on any atom is -0.356 e. The molecule has 1 aliphatic heterocycles. The van der Waals surface area contributed by atoms with Crippen LogP contribution in [0.4, 0.5) is 0 Å². The topological polar surface area (TPSA) is 62.3 Å². The zero-order valence-electron chi connectivity index (χ0n) is 14.2. The molecule has 5 nitrogen and oxygen atoms in total. The van der Waals surface area contributed by atoms with Gasteiger partial charge in [0.25, 0.3) is 0 Å². The molecule has 1 saturated carbocycles. The number of carbonyl (C=O) groups is 2. The number of aryl methyl sites for hydroxylation is 1. The Hall–Kier alpha value is -1.91. The number of nitrogens with zero attached hydrogens (tertiary/aromatic N) is 2. The van der Waals surface area contributed by atoms with Gasteiger partial charge in [0.1, 0.15) is 0 Å². The van der Waals surface area contributed by atoms with Crippen molar-refractivity contribution in [2.24, 2.45) is 5.92 Å². The van der Waals surface area contributed by atoms with Crippen molar-refractivity contribution in [2.75, 3.05) is 13.1 Å². The van der Waals surface area contributed by atoms with Crippen molar-refractivity contribution in [1.29, 1.82) is 0 Å². The molecule has 1 atom stereocenters. The molecule has 0 aromatic carbocycles. The number of likely N-dealkylation sites (tertiary alicyclic amines) is 1. The number of piperidine rings is 1. The van der Waals surface area contributed by atoms with Crippen molar-refractivity contribution in [1.82, 2.24) is 15.2 Å². The molecule has 2 fully saturated rings. The summed E-state index contributed by atoms with van der Waals surface area (Å²) in [7, 11) is 0. The van der Waals surface area contributed by atoms with Crippen molar-refractivity contribution in [3.05, 3.63) is 30.1 Å². The molecule has 2 aliphatic rings. The second-order valence-corrected chi connectivity index (χ2v) is 6.94. The first-order valence-corrected chi connectivity index (χ1v) is 9.21. The third kappa shape index (κ3) is 4.34. The van der Waals surface area contributed by atoms with E-state index < -0.39 is 0 Å². The molecule has 24 heavy (non-hydrogen) atoms. The fourth-order valence-electron chi connectivity index (χ4n) is 3.83. The molecule has 2 heterocycles. The van der Waals surface area contributed by atoms with Crippen LogP contribution in [0.3, 0.4) is 0 Å². The Labute approximate surface area is 143 Å². The lowest BCUT2D eigenvalue weighted by molar-refractivity contribution is -0.140. The Kier molecular flexibility index (Phi) is 5.83. The SMILES string of the molecule is O=C(NCCCc1ccccn1)[C@@H]1CCC(=O)N(C2CCCC2)C1. The van der Waals surface area contributed by atoms with Gasteiger partial charge in [0.2, 0.25) is 11.8 Å². The van der Waals surface area contributed by atoms with E-state index in [-0.39, 0.29) is 17.7 Å². The maximum Gasteiger partial charge on any atom is 0.224 e. The molecule has 0 spiro atoms. The van der Waals surface area contributed by atoms with Gasteiger partial charge in [-0.2, -0.15) is 0 Å². The van der Waals surface area contributed by atoms with Gasteiger partial charge in [-0.25, -0.2) is 0 Å². The first-order valence-electron chi connectivity index (χ1n) is 9.21. The van der Waals surface area contributed by atoms with Gasteiger partial charge in [0.05, 0.1) is 5.92 Å². The summed E-state index contributed by atoms with van der Waals surface area (Å²) in [6.45, 7) is 1.28. The molecule has 1 aromatic heterocycles. The lowest BCUT2D eigenvalue weighted by Crippen LogP contribution is -2.49. The number of hydrogen-bond donors (Lipinski definition) is 1. The van der Waals surface area contributed by atoms with Gasteiger partial charge >= 0.3 is 0 Å². The first kappa shape index (κ1) is 16.9. The van der Waals surface area contributed by atoms with Gasteiger partial charge in [-0.15, -0.1) is 0 Å². The van der Waals surface area contributed by atoms with E-state index >= 15 is 0 Å². The Morgan fingerprint density at radius 3 is 2.83 bits per heavy atom. The van der Waals surface area contributed by atoms with E-state index in [4.69, 9.17) is 0 Å². The minimum absolute atomic E-state index is 0.0434.